The maximum absolute atomic E-state index is 6.06. The molecule has 11 heavy (non-hydrogen) atoms. The Morgan fingerprint density at radius 2 is 1.45 bits per heavy atom. The van der Waals surface area contributed by atoms with Crippen molar-refractivity contribution in [2.45, 2.75) is 59.2 Å². The Hall–Kier alpha value is 0.0649. The van der Waals surface area contributed by atoms with E-state index in [2.05, 4.69) is 20.8 Å². The molecule has 1 heteroatoms. The molecule has 1 atom stereocenters. The lowest BCUT2D eigenvalue weighted by Crippen LogP contribution is -2.22. The molecule has 0 aromatic carbocycles. The molecule has 0 aromatic rings. The summed E-state index contributed by atoms with van der Waals surface area (Å²) in [6.07, 6.45) is 3.79. The summed E-state index contributed by atoms with van der Waals surface area (Å²) in [5, 5.41) is 0.0903. The number of rotatable bonds is 0. The molecule has 0 saturated heterocycles. The van der Waals surface area contributed by atoms with Gasteiger partial charge in [-0.2, -0.15) is 0 Å². The second kappa shape index (κ2) is 3.64. The van der Waals surface area contributed by atoms with Crippen LogP contribution in [0.15, 0.2) is 0 Å². The topological polar surface area (TPSA) is 0 Å². The zero-order chi connectivity index (χ0) is 9.12. The van der Waals surface area contributed by atoms with Gasteiger partial charge in [-0.25, -0.2) is 0 Å². The molecule has 1 aliphatic rings. The lowest BCUT2D eigenvalue weighted by molar-refractivity contribution is 0.299. The fraction of sp³-hybridized carbons (Fsp3) is 1.00. The largest absolute Gasteiger partial charge is 0.0749 e. The van der Waals surface area contributed by atoms with E-state index < -0.39 is 0 Å². The average molecular weight is 152 g/mol. The number of hydrogen-bond acceptors (Lipinski definition) is 0. The molecule has 1 unspecified atom stereocenters. The van der Waals surface area contributed by atoms with E-state index in [0.717, 1.165) is 0 Å². The molecule has 0 aliphatic heterocycles. The smallest absolute Gasteiger partial charge is 0.0683 e. The third-order valence-corrected chi connectivity index (χ3v) is 3.04. The maximum Gasteiger partial charge on any atom is 0.0749 e. The molecule has 1 fully saturated rings. The van der Waals surface area contributed by atoms with E-state index in [1.165, 1.54) is 19.3 Å². The Morgan fingerprint density at radius 3 is 1.55 bits per heavy atom. The highest BCUT2D eigenvalue weighted by molar-refractivity contribution is 6.15. The van der Waals surface area contributed by atoms with Gasteiger partial charge in [0.15, 0.2) is 0 Å². The van der Waals surface area contributed by atoms with Crippen LogP contribution in [0.2, 0.25) is 5.31 Å². The van der Waals surface area contributed by atoms with Crippen LogP contribution in [0.3, 0.4) is 0 Å². The molecule has 0 aromatic heterocycles. The lowest BCUT2D eigenvalue weighted by Gasteiger charge is -2.35. The van der Waals surface area contributed by atoms with Crippen molar-refractivity contribution in [1.29, 1.82) is 0 Å². The van der Waals surface area contributed by atoms with Gasteiger partial charge in [0.2, 0.25) is 0 Å². The van der Waals surface area contributed by atoms with E-state index >= 15 is 0 Å². The summed E-state index contributed by atoms with van der Waals surface area (Å²) in [5.74, 6) is 0. The zero-order valence-electron chi connectivity index (χ0n) is 8.70. The van der Waals surface area contributed by atoms with E-state index in [-0.39, 0.29) is 5.31 Å². The monoisotopic (exact) mass is 152 g/mol. The van der Waals surface area contributed by atoms with Crippen LogP contribution in [0.4, 0.5) is 0 Å². The highest BCUT2D eigenvalue weighted by Crippen LogP contribution is 2.55. The third kappa shape index (κ3) is 2.25. The van der Waals surface area contributed by atoms with Crippen LogP contribution in [-0.4, -0.2) is 7.85 Å². The molecule has 0 N–H and O–H groups in total. The normalized spacial score (nSPS) is 34.3. The standard InChI is InChI=1S/C8H15B.C2H6/c1-7(2)5-4-6-8(7,3)9;1-2/h4-6H2,1-3H3;1-2H3. The maximum atomic E-state index is 6.06. The molecule has 2 radical (unpaired) electrons. The van der Waals surface area contributed by atoms with Gasteiger partial charge in [0, 0.05) is 0 Å². The van der Waals surface area contributed by atoms with Crippen molar-refractivity contribution in [3.8, 4) is 0 Å². The summed E-state index contributed by atoms with van der Waals surface area (Å²) in [4.78, 5) is 0. The highest BCUT2D eigenvalue weighted by Gasteiger charge is 2.40. The predicted octanol–water partition coefficient (Wildman–Crippen LogP) is 3.57. The highest BCUT2D eigenvalue weighted by atomic mass is 14.4. The third-order valence-electron chi connectivity index (χ3n) is 3.04. The van der Waals surface area contributed by atoms with Crippen LogP contribution in [0.5, 0.6) is 0 Å². The summed E-state index contributed by atoms with van der Waals surface area (Å²) >= 11 is 0. The minimum atomic E-state index is 0.0903. The summed E-state index contributed by atoms with van der Waals surface area (Å²) in [7, 11) is 6.06. The van der Waals surface area contributed by atoms with Crippen LogP contribution in [0, 0.1) is 5.41 Å². The van der Waals surface area contributed by atoms with Crippen molar-refractivity contribution in [2.24, 2.45) is 5.41 Å². The molecule has 0 nitrogen and oxygen atoms in total. The van der Waals surface area contributed by atoms with E-state index in [4.69, 9.17) is 7.85 Å². The van der Waals surface area contributed by atoms with Gasteiger partial charge in [-0.1, -0.05) is 52.8 Å². The minimum Gasteiger partial charge on any atom is -0.0683 e. The Kier molecular flexibility index (Phi) is 3.67. The second-order valence-corrected chi connectivity index (χ2v) is 4.15. The molecule has 0 spiro atoms. The van der Waals surface area contributed by atoms with E-state index in [1.54, 1.807) is 0 Å². The van der Waals surface area contributed by atoms with Gasteiger partial charge in [-0.05, 0) is 11.8 Å². The average Bonchev–Trinajstić information content (AvgIpc) is 2.12. The second-order valence-electron chi connectivity index (χ2n) is 4.15. The summed E-state index contributed by atoms with van der Waals surface area (Å²) in [5.41, 5.74) is 0.368. The first-order valence-electron chi connectivity index (χ1n) is 4.75. The van der Waals surface area contributed by atoms with Crippen molar-refractivity contribution < 1.29 is 0 Å². The van der Waals surface area contributed by atoms with Crippen LogP contribution >= 0.6 is 0 Å². The van der Waals surface area contributed by atoms with Gasteiger partial charge < -0.3 is 0 Å². The molecule has 0 bridgehead atoms. The van der Waals surface area contributed by atoms with Crippen molar-refractivity contribution in [3.05, 3.63) is 0 Å². The van der Waals surface area contributed by atoms with Gasteiger partial charge in [-0.15, -0.1) is 0 Å². The van der Waals surface area contributed by atoms with Gasteiger partial charge in [0.1, 0.15) is 0 Å². The Labute approximate surface area is 73.2 Å². The van der Waals surface area contributed by atoms with Gasteiger partial charge in [-0.3, -0.25) is 0 Å². The first kappa shape index (κ1) is 11.1. The van der Waals surface area contributed by atoms with Gasteiger partial charge in [0.05, 0.1) is 7.85 Å². The van der Waals surface area contributed by atoms with Crippen LogP contribution in [0.1, 0.15) is 53.9 Å². The van der Waals surface area contributed by atoms with Crippen molar-refractivity contribution in [2.75, 3.05) is 0 Å². The Morgan fingerprint density at radius 1 is 1.00 bits per heavy atom. The van der Waals surface area contributed by atoms with Crippen LogP contribution < -0.4 is 0 Å². The fourth-order valence-corrected chi connectivity index (χ4v) is 1.52. The summed E-state index contributed by atoms with van der Waals surface area (Å²) in [6, 6.07) is 0. The lowest BCUT2D eigenvalue weighted by atomic mass is 9.57. The summed E-state index contributed by atoms with van der Waals surface area (Å²) < 4.78 is 0. The number of hydrogen-bond donors (Lipinski definition) is 0. The van der Waals surface area contributed by atoms with Crippen LogP contribution in [0.25, 0.3) is 0 Å². The first-order valence-corrected chi connectivity index (χ1v) is 4.75. The molecule has 0 amide bonds. The molecule has 1 aliphatic carbocycles. The molecular weight excluding hydrogens is 131 g/mol. The molecule has 64 valence electrons. The van der Waals surface area contributed by atoms with E-state index in [0.29, 0.717) is 5.41 Å². The fourth-order valence-electron chi connectivity index (χ4n) is 1.52. The minimum absolute atomic E-state index is 0.0903. The van der Waals surface area contributed by atoms with Crippen molar-refractivity contribution in [3.63, 3.8) is 0 Å². The Bertz CT molecular complexity index is 100. The molecule has 1 saturated carbocycles. The van der Waals surface area contributed by atoms with Crippen LogP contribution in [-0.2, 0) is 0 Å². The first-order chi connectivity index (χ1) is 4.96. The molecule has 0 heterocycles. The summed E-state index contributed by atoms with van der Waals surface area (Å²) in [6.45, 7) is 10.7. The van der Waals surface area contributed by atoms with Crippen molar-refractivity contribution >= 4 is 7.85 Å². The quantitative estimate of drug-likeness (QED) is 0.465. The van der Waals surface area contributed by atoms with Gasteiger partial charge >= 0.3 is 0 Å². The van der Waals surface area contributed by atoms with E-state index in [9.17, 15) is 0 Å². The van der Waals surface area contributed by atoms with Crippen molar-refractivity contribution in [1.82, 2.24) is 0 Å². The van der Waals surface area contributed by atoms with E-state index in [1.807, 2.05) is 13.8 Å². The Balaban J connectivity index is 0.000000461. The molecular formula is C10H21B. The SMILES string of the molecule is CC.[B]C1(C)CCCC1(C)C. The zero-order valence-corrected chi connectivity index (χ0v) is 8.70. The van der Waals surface area contributed by atoms with Gasteiger partial charge in [0.25, 0.3) is 0 Å². The predicted molar refractivity (Wildman–Crippen MR) is 53.1 cm³/mol. The molecule has 1 rings (SSSR count).